The van der Waals surface area contributed by atoms with Crippen LogP contribution in [0.5, 0.6) is 0 Å². The summed E-state index contributed by atoms with van der Waals surface area (Å²) in [5, 5.41) is 8.03. The molecule has 1 saturated heterocycles. The third kappa shape index (κ3) is 4.48. The number of hydrogen-bond donors (Lipinski definition) is 3. The minimum Gasteiger partial charge on any atom is -0.383 e. The second-order valence-electron chi connectivity index (χ2n) is 3.73. The Labute approximate surface area is 95.1 Å². The van der Waals surface area contributed by atoms with Crippen LogP contribution in [0.2, 0.25) is 0 Å². The second kappa shape index (κ2) is 7.05. The van der Waals surface area contributed by atoms with E-state index >= 15 is 0 Å². The van der Waals surface area contributed by atoms with Crippen molar-refractivity contribution in [2.75, 3.05) is 26.8 Å². The maximum Gasteiger partial charge on any atom is 0.315 e. The Morgan fingerprint density at radius 1 is 1.56 bits per heavy atom. The molecule has 1 fully saturated rings. The Morgan fingerprint density at radius 2 is 2.38 bits per heavy atom. The molecule has 6 nitrogen and oxygen atoms in total. The second-order valence-corrected chi connectivity index (χ2v) is 3.73. The SMILES string of the molecule is COCCNC(=O)N[C@@H]1CCCCNC1=O. The van der Waals surface area contributed by atoms with Gasteiger partial charge in [-0.2, -0.15) is 0 Å². The molecule has 1 rings (SSSR count). The van der Waals surface area contributed by atoms with Gasteiger partial charge in [0.05, 0.1) is 6.61 Å². The molecule has 1 atom stereocenters. The van der Waals surface area contributed by atoms with Gasteiger partial charge in [-0.1, -0.05) is 0 Å². The predicted molar refractivity (Wildman–Crippen MR) is 59.1 cm³/mol. The Kier molecular flexibility index (Phi) is 5.63. The molecule has 1 heterocycles. The first-order valence-electron chi connectivity index (χ1n) is 5.55. The molecule has 0 aromatic rings. The van der Waals surface area contributed by atoms with Crippen LogP contribution in [0, 0.1) is 0 Å². The number of nitrogens with one attached hydrogen (secondary N) is 3. The van der Waals surface area contributed by atoms with Gasteiger partial charge in [-0.3, -0.25) is 4.79 Å². The van der Waals surface area contributed by atoms with Gasteiger partial charge in [-0.05, 0) is 19.3 Å². The summed E-state index contributed by atoms with van der Waals surface area (Å²) in [5.74, 6) is -0.0978. The van der Waals surface area contributed by atoms with Crippen LogP contribution in [0.15, 0.2) is 0 Å². The largest absolute Gasteiger partial charge is 0.383 e. The molecule has 0 saturated carbocycles. The fourth-order valence-electron chi connectivity index (χ4n) is 1.55. The Bertz CT molecular complexity index is 245. The molecule has 1 aliphatic heterocycles. The fraction of sp³-hybridized carbons (Fsp3) is 0.800. The quantitative estimate of drug-likeness (QED) is 0.574. The van der Waals surface area contributed by atoms with Crippen molar-refractivity contribution in [1.29, 1.82) is 0 Å². The first kappa shape index (κ1) is 12.8. The van der Waals surface area contributed by atoms with Gasteiger partial charge in [0, 0.05) is 20.2 Å². The molecule has 0 bridgehead atoms. The van der Waals surface area contributed by atoms with Crippen LogP contribution in [0.3, 0.4) is 0 Å². The van der Waals surface area contributed by atoms with Crippen molar-refractivity contribution in [3.05, 3.63) is 0 Å². The van der Waals surface area contributed by atoms with Crippen molar-refractivity contribution >= 4 is 11.9 Å². The molecule has 1 aliphatic rings. The van der Waals surface area contributed by atoms with E-state index in [9.17, 15) is 9.59 Å². The third-order valence-corrected chi connectivity index (χ3v) is 2.43. The fourth-order valence-corrected chi connectivity index (χ4v) is 1.55. The molecule has 3 N–H and O–H groups in total. The number of rotatable bonds is 4. The molecule has 3 amide bonds. The van der Waals surface area contributed by atoms with Gasteiger partial charge in [0.25, 0.3) is 0 Å². The van der Waals surface area contributed by atoms with E-state index in [2.05, 4.69) is 16.0 Å². The summed E-state index contributed by atoms with van der Waals surface area (Å²) < 4.78 is 4.80. The zero-order valence-corrected chi connectivity index (χ0v) is 9.54. The van der Waals surface area contributed by atoms with Crippen molar-refractivity contribution < 1.29 is 14.3 Å². The lowest BCUT2D eigenvalue weighted by atomic mass is 10.1. The highest BCUT2D eigenvalue weighted by Crippen LogP contribution is 2.04. The van der Waals surface area contributed by atoms with Crippen LogP contribution in [-0.4, -0.2) is 44.8 Å². The standard InChI is InChI=1S/C10H19N3O3/c1-16-7-6-12-10(15)13-8-4-2-3-5-11-9(8)14/h8H,2-7H2,1H3,(H,11,14)(H2,12,13,15)/t8-/m1/s1. The van der Waals surface area contributed by atoms with Crippen LogP contribution in [0.4, 0.5) is 4.79 Å². The molecule has 0 aromatic heterocycles. The molecule has 92 valence electrons. The highest BCUT2D eigenvalue weighted by molar-refractivity contribution is 5.87. The zero-order valence-electron chi connectivity index (χ0n) is 9.54. The van der Waals surface area contributed by atoms with Crippen molar-refractivity contribution in [2.45, 2.75) is 25.3 Å². The summed E-state index contributed by atoms with van der Waals surface area (Å²) in [4.78, 5) is 22.9. The van der Waals surface area contributed by atoms with Gasteiger partial charge in [-0.15, -0.1) is 0 Å². The Morgan fingerprint density at radius 3 is 3.12 bits per heavy atom. The van der Waals surface area contributed by atoms with Crippen LogP contribution in [0.1, 0.15) is 19.3 Å². The highest BCUT2D eigenvalue weighted by Gasteiger charge is 2.21. The average molecular weight is 229 g/mol. The monoisotopic (exact) mass is 229 g/mol. The van der Waals surface area contributed by atoms with E-state index in [1.807, 2.05) is 0 Å². The molecular weight excluding hydrogens is 210 g/mol. The topological polar surface area (TPSA) is 79.5 Å². The number of carbonyl (C=O) groups is 2. The third-order valence-electron chi connectivity index (χ3n) is 2.43. The minimum absolute atomic E-state index is 0.0978. The lowest BCUT2D eigenvalue weighted by molar-refractivity contribution is -0.122. The van der Waals surface area contributed by atoms with Gasteiger partial charge in [0.2, 0.25) is 5.91 Å². The summed E-state index contributed by atoms with van der Waals surface area (Å²) >= 11 is 0. The predicted octanol–water partition coefficient (Wildman–Crippen LogP) is -0.399. The van der Waals surface area contributed by atoms with E-state index in [4.69, 9.17) is 4.74 Å². The molecule has 0 aliphatic carbocycles. The zero-order chi connectivity index (χ0) is 11.8. The molecule has 0 aromatic carbocycles. The number of carbonyl (C=O) groups excluding carboxylic acids is 2. The average Bonchev–Trinajstić information content (AvgIpc) is 2.45. The molecule has 6 heteroatoms. The summed E-state index contributed by atoms with van der Waals surface area (Å²) in [7, 11) is 1.57. The highest BCUT2D eigenvalue weighted by atomic mass is 16.5. The van der Waals surface area contributed by atoms with E-state index in [0.29, 0.717) is 26.1 Å². The van der Waals surface area contributed by atoms with Gasteiger partial charge < -0.3 is 20.7 Å². The van der Waals surface area contributed by atoms with Crippen molar-refractivity contribution in [3.63, 3.8) is 0 Å². The number of hydrogen-bond acceptors (Lipinski definition) is 3. The van der Waals surface area contributed by atoms with Gasteiger partial charge in [0.15, 0.2) is 0 Å². The molecule has 0 radical (unpaired) electrons. The summed E-state index contributed by atoms with van der Waals surface area (Å²) in [5.41, 5.74) is 0. The number of urea groups is 1. The van der Waals surface area contributed by atoms with Crippen molar-refractivity contribution in [3.8, 4) is 0 Å². The van der Waals surface area contributed by atoms with E-state index in [1.54, 1.807) is 7.11 Å². The van der Waals surface area contributed by atoms with Gasteiger partial charge in [-0.25, -0.2) is 4.79 Å². The van der Waals surface area contributed by atoms with Gasteiger partial charge in [0.1, 0.15) is 6.04 Å². The van der Waals surface area contributed by atoms with Crippen LogP contribution in [0.25, 0.3) is 0 Å². The first-order valence-corrected chi connectivity index (χ1v) is 5.55. The maximum atomic E-state index is 11.5. The number of ether oxygens (including phenoxy) is 1. The van der Waals surface area contributed by atoms with Crippen LogP contribution in [-0.2, 0) is 9.53 Å². The van der Waals surface area contributed by atoms with E-state index in [0.717, 1.165) is 12.8 Å². The maximum absolute atomic E-state index is 11.5. The molecule has 0 unspecified atom stereocenters. The first-order chi connectivity index (χ1) is 7.74. The molecular formula is C10H19N3O3. The van der Waals surface area contributed by atoms with Gasteiger partial charge >= 0.3 is 6.03 Å². The van der Waals surface area contributed by atoms with Crippen LogP contribution >= 0.6 is 0 Å². The summed E-state index contributed by atoms with van der Waals surface area (Å²) in [6, 6.07) is -0.732. The summed E-state index contributed by atoms with van der Waals surface area (Å²) in [6.45, 7) is 1.60. The smallest absolute Gasteiger partial charge is 0.315 e. The lowest BCUT2D eigenvalue weighted by Crippen LogP contribution is -2.49. The van der Waals surface area contributed by atoms with Crippen molar-refractivity contribution in [1.82, 2.24) is 16.0 Å². The molecule has 16 heavy (non-hydrogen) atoms. The van der Waals surface area contributed by atoms with Crippen LogP contribution < -0.4 is 16.0 Å². The van der Waals surface area contributed by atoms with E-state index < -0.39 is 6.04 Å². The summed E-state index contributed by atoms with van der Waals surface area (Å²) in [6.07, 6.45) is 2.61. The lowest BCUT2D eigenvalue weighted by Gasteiger charge is -2.15. The normalized spacial score (nSPS) is 20.8. The number of methoxy groups -OCH3 is 1. The molecule has 0 spiro atoms. The van der Waals surface area contributed by atoms with E-state index in [1.165, 1.54) is 0 Å². The number of amides is 3. The van der Waals surface area contributed by atoms with Crippen molar-refractivity contribution in [2.24, 2.45) is 0 Å². The Hall–Kier alpha value is -1.30. The van der Waals surface area contributed by atoms with E-state index in [-0.39, 0.29) is 11.9 Å². The Balaban J connectivity index is 2.27. The minimum atomic E-state index is -0.412.